The fourth-order valence-electron chi connectivity index (χ4n) is 3.33. The van der Waals surface area contributed by atoms with Gasteiger partial charge in [0.05, 0.1) is 11.3 Å². The fraction of sp³-hybridized carbons (Fsp3) is 0.238. The predicted octanol–water partition coefficient (Wildman–Crippen LogP) is 4.43. The smallest absolute Gasteiger partial charge is 0.416 e. The molecule has 0 radical (unpaired) electrons. The Morgan fingerprint density at radius 1 is 1.04 bits per heavy atom. The zero-order valence-corrected chi connectivity index (χ0v) is 14.9. The molecule has 2 aromatic carbocycles. The van der Waals surface area contributed by atoms with E-state index in [9.17, 15) is 18.3 Å². The zero-order valence-electron chi connectivity index (χ0n) is 14.9. The van der Waals surface area contributed by atoms with Crippen molar-refractivity contribution in [3.8, 4) is 17.1 Å². The van der Waals surface area contributed by atoms with Crippen molar-refractivity contribution < 1.29 is 18.3 Å². The van der Waals surface area contributed by atoms with Crippen LogP contribution in [0.4, 0.5) is 13.2 Å². The lowest BCUT2D eigenvalue weighted by Crippen LogP contribution is -2.31. The first-order valence-corrected chi connectivity index (χ1v) is 8.92. The number of phenolic OH excluding ortho intramolecular Hbond substituents is 1. The Morgan fingerprint density at radius 2 is 1.79 bits per heavy atom. The van der Waals surface area contributed by atoms with E-state index in [0.717, 1.165) is 41.9 Å². The van der Waals surface area contributed by atoms with Gasteiger partial charge in [-0.2, -0.15) is 13.2 Å². The number of halogens is 3. The lowest BCUT2D eigenvalue weighted by molar-refractivity contribution is -0.137. The molecule has 0 fully saturated rings. The predicted molar refractivity (Wildman–Crippen MR) is 98.4 cm³/mol. The summed E-state index contributed by atoms with van der Waals surface area (Å²) in [7, 11) is 0. The maximum atomic E-state index is 12.7. The Morgan fingerprint density at radius 3 is 2.50 bits per heavy atom. The minimum Gasteiger partial charge on any atom is -0.508 e. The number of nitrogens with zero attached hydrogens (tertiary/aromatic N) is 3. The summed E-state index contributed by atoms with van der Waals surface area (Å²) in [5, 5.41) is 9.98. The second kappa shape index (κ2) is 7.24. The summed E-state index contributed by atoms with van der Waals surface area (Å²) in [5.41, 5.74) is 2.62. The molecule has 144 valence electrons. The van der Waals surface area contributed by atoms with Gasteiger partial charge in [-0.1, -0.05) is 30.3 Å². The minimum absolute atomic E-state index is 0.265. The Bertz CT molecular complexity index is 987. The minimum atomic E-state index is -4.36. The molecule has 0 unspecified atom stereocenters. The first-order valence-electron chi connectivity index (χ1n) is 8.92. The van der Waals surface area contributed by atoms with Crippen LogP contribution in [0.2, 0.25) is 0 Å². The maximum Gasteiger partial charge on any atom is 0.416 e. The van der Waals surface area contributed by atoms with E-state index in [-0.39, 0.29) is 5.75 Å². The molecule has 1 N–H and O–H groups in total. The third-order valence-corrected chi connectivity index (χ3v) is 4.88. The van der Waals surface area contributed by atoms with Gasteiger partial charge in [0.1, 0.15) is 5.75 Å². The molecular formula is C21H18F3N3O. The van der Waals surface area contributed by atoms with Gasteiger partial charge in [0, 0.05) is 37.0 Å². The van der Waals surface area contributed by atoms with Crippen molar-refractivity contribution in [1.82, 2.24) is 14.9 Å². The highest BCUT2D eigenvalue weighted by atomic mass is 19.4. The Balaban J connectivity index is 1.54. The topological polar surface area (TPSA) is 49.2 Å². The summed E-state index contributed by atoms with van der Waals surface area (Å²) in [5.74, 6) is 0.679. The highest BCUT2D eigenvalue weighted by Gasteiger charge is 2.30. The van der Waals surface area contributed by atoms with Crippen LogP contribution in [0.1, 0.15) is 22.4 Å². The van der Waals surface area contributed by atoms with Crippen LogP contribution in [0.5, 0.6) is 5.75 Å². The molecule has 0 saturated heterocycles. The van der Waals surface area contributed by atoms with Gasteiger partial charge in [-0.25, -0.2) is 9.97 Å². The number of fused-ring (bicyclic) bond motifs is 1. The molecule has 0 spiro atoms. The number of para-hydroxylation sites is 1. The summed E-state index contributed by atoms with van der Waals surface area (Å²) < 4.78 is 38.2. The summed E-state index contributed by atoms with van der Waals surface area (Å²) >= 11 is 0. The zero-order chi connectivity index (χ0) is 19.7. The summed E-state index contributed by atoms with van der Waals surface area (Å²) in [6, 6.07) is 12.1. The number of hydrogen-bond donors (Lipinski definition) is 1. The monoisotopic (exact) mass is 385 g/mol. The van der Waals surface area contributed by atoms with Crippen molar-refractivity contribution in [2.45, 2.75) is 25.7 Å². The summed E-state index contributed by atoms with van der Waals surface area (Å²) in [6.07, 6.45) is -1.82. The summed E-state index contributed by atoms with van der Waals surface area (Å²) in [6.45, 7) is 2.02. The molecule has 0 aliphatic carbocycles. The molecule has 1 aliphatic heterocycles. The second-order valence-electron chi connectivity index (χ2n) is 6.83. The van der Waals surface area contributed by atoms with Gasteiger partial charge >= 0.3 is 6.18 Å². The number of benzene rings is 2. The van der Waals surface area contributed by atoms with E-state index in [1.807, 2.05) is 12.1 Å². The van der Waals surface area contributed by atoms with E-state index >= 15 is 0 Å². The number of aromatic hydroxyl groups is 1. The van der Waals surface area contributed by atoms with Crippen molar-refractivity contribution in [2.75, 3.05) is 6.54 Å². The van der Waals surface area contributed by atoms with Crippen molar-refractivity contribution in [3.63, 3.8) is 0 Å². The largest absolute Gasteiger partial charge is 0.508 e. The van der Waals surface area contributed by atoms with Crippen LogP contribution < -0.4 is 0 Å². The first-order chi connectivity index (χ1) is 13.4. The molecule has 4 rings (SSSR count). The lowest BCUT2D eigenvalue weighted by atomic mass is 10.0. The molecule has 0 saturated carbocycles. The third kappa shape index (κ3) is 3.84. The average molecular weight is 385 g/mol. The summed E-state index contributed by atoms with van der Waals surface area (Å²) in [4.78, 5) is 11.1. The number of phenols is 1. The number of alkyl halides is 3. The molecule has 1 aliphatic rings. The first kappa shape index (κ1) is 18.4. The number of aromatic nitrogens is 2. The third-order valence-electron chi connectivity index (χ3n) is 4.88. The highest BCUT2D eigenvalue weighted by molar-refractivity contribution is 5.56. The molecule has 0 bridgehead atoms. The van der Waals surface area contributed by atoms with Crippen molar-refractivity contribution in [1.29, 1.82) is 0 Å². The van der Waals surface area contributed by atoms with Crippen LogP contribution in [0.25, 0.3) is 11.4 Å². The van der Waals surface area contributed by atoms with E-state index in [1.165, 1.54) is 12.1 Å². The van der Waals surface area contributed by atoms with Crippen LogP contribution in [0.15, 0.2) is 54.7 Å². The quantitative estimate of drug-likeness (QED) is 0.725. The van der Waals surface area contributed by atoms with Gasteiger partial charge in [0.15, 0.2) is 5.82 Å². The van der Waals surface area contributed by atoms with Crippen LogP contribution in [-0.4, -0.2) is 26.5 Å². The molecule has 0 atom stereocenters. The Labute approximate surface area is 160 Å². The normalized spacial score (nSPS) is 14.7. The second-order valence-corrected chi connectivity index (χ2v) is 6.83. The molecule has 28 heavy (non-hydrogen) atoms. The van der Waals surface area contributed by atoms with E-state index in [0.29, 0.717) is 24.5 Å². The standard InChI is InChI=1S/C21H18F3N3O/c22-21(23,24)17-7-5-14(6-8-17)20-25-11-15-9-10-27(13-18(15)26-20)12-16-3-1-2-4-19(16)28/h1-8,11,28H,9-10,12-13H2. The van der Waals surface area contributed by atoms with Gasteiger partial charge in [-0.3, -0.25) is 4.90 Å². The number of hydrogen-bond acceptors (Lipinski definition) is 4. The molecule has 7 heteroatoms. The molecule has 0 amide bonds. The van der Waals surface area contributed by atoms with Crippen LogP contribution in [-0.2, 0) is 25.7 Å². The van der Waals surface area contributed by atoms with E-state index in [2.05, 4.69) is 14.9 Å². The molecule has 3 aromatic rings. The van der Waals surface area contributed by atoms with Gasteiger partial charge in [0.2, 0.25) is 0 Å². The van der Waals surface area contributed by atoms with Crippen LogP contribution >= 0.6 is 0 Å². The average Bonchev–Trinajstić information content (AvgIpc) is 2.69. The highest BCUT2D eigenvalue weighted by Crippen LogP contribution is 2.31. The SMILES string of the molecule is Oc1ccccc1CN1CCc2cnc(-c3ccc(C(F)(F)F)cc3)nc2C1. The van der Waals surface area contributed by atoms with Gasteiger partial charge in [-0.15, -0.1) is 0 Å². The van der Waals surface area contributed by atoms with Gasteiger partial charge in [-0.05, 0) is 30.2 Å². The molecular weight excluding hydrogens is 367 g/mol. The van der Waals surface area contributed by atoms with Crippen molar-refractivity contribution >= 4 is 0 Å². The van der Waals surface area contributed by atoms with E-state index in [4.69, 9.17) is 0 Å². The van der Waals surface area contributed by atoms with E-state index in [1.54, 1.807) is 18.3 Å². The Hall–Kier alpha value is -2.93. The molecule has 2 heterocycles. The van der Waals surface area contributed by atoms with Crippen molar-refractivity contribution in [2.24, 2.45) is 0 Å². The van der Waals surface area contributed by atoms with E-state index < -0.39 is 11.7 Å². The van der Waals surface area contributed by atoms with Crippen LogP contribution in [0, 0.1) is 0 Å². The van der Waals surface area contributed by atoms with Crippen molar-refractivity contribution in [3.05, 3.63) is 77.1 Å². The van der Waals surface area contributed by atoms with Crippen LogP contribution in [0.3, 0.4) is 0 Å². The Kier molecular flexibility index (Phi) is 4.77. The van der Waals surface area contributed by atoms with Gasteiger partial charge < -0.3 is 5.11 Å². The molecule has 1 aromatic heterocycles. The lowest BCUT2D eigenvalue weighted by Gasteiger charge is -2.28. The fourth-order valence-corrected chi connectivity index (χ4v) is 3.33. The van der Waals surface area contributed by atoms with Gasteiger partial charge in [0.25, 0.3) is 0 Å². The molecule has 4 nitrogen and oxygen atoms in total. The maximum absolute atomic E-state index is 12.7. The number of rotatable bonds is 3.